The number of hydrogen-bond acceptors (Lipinski definition) is 3. The summed E-state index contributed by atoms with van der Waals surface area (Å²) in [7, 11) is 0. The fraction of sp³-hybridized carbons (Fsp3) is 0.222. The molecule has 4 nitrogen and oxygen atoms in total. The monoisotopic (exact) mass is 298 g/mol. The van der Waals surface area contributed by atoms with Gasteiger partial charge in [-0.25, -0.2) is 0 Å². The quantitative estimate of drug-likeness (QED) is 0.794. The van der Waals surface area contributed by atoms with Crippen LogP contribution in [-0.2, 0) is 11.4 Å². The van der Waals surface area contributed by atoms with Gasteiger partial charge in [-0.15, -0.1) is 0 Å². The molecule has 0 heterocycles. The summed E-state index contributed by atoms with van der Waals surface area (Å²) in [5.74, 6) is -0.999. The maximum atomic E-state index is 12.1. The molecule has 0 aliphatic heterocycles. The molecule has 0 saturated heterocycles. The first kappa shape index (κ1) is 15.8. The third kappa shape index (κ3) is 4.45. The summed E-state index contributed by atoms with van der Waals surface area (Å²) >= 11 is 0. The molecule has 0 fully saturated rings. The summed E-state index contributed by atoms with van der Waals surface area (Å²) in [6, 6.07) is 16.6. The minimum Gasteiger partial charge on any atom is -0.489 e. The van der Waals surface area contributed by atoms with Gasteiger partial charge in [0.05, 0.1) is 6.42 Å². The van der Waals surface area contributed by atoms with Crippen molar-refractivity contribution in [3.63, 3.8) is 0 Å². The van der Waals surface area contributed by atoms with Crippen molar-refractivity contribution in [1.29, 1.82) is 0 Å². The molecule has 4 heteroatoms. The summed E-state index contributed by atoms with van der Waals surface area (Å²) < 4.78 is 5.65. The Balaban J connectivity index is 1.95. The van der Waals surface area contributed by atoms with Crippen molar-refractivity contribution in [2.45, 2.75) is 20.0 Å². The van der Waals surface area contributed by atoms with E-state index in [1.165, 1.54) is 0 Å². The average Bonchev–Trinajstić information content (AvgIpc) is 2.53. The molecule has 22 heavy (non-hydrogen) atoms. The molecule has 0 spiro atoms. The van der Waals surface area contributed by atoms with Gasteiger partial charge in [-0.3, -0.25) is 9.59 Å². The summed E-state index contributed by atoms with van der Waals surface area (Å²) in [6.07, 6.45) is -0.162. The Labute approximate surface area is 129 Å². The Kier molecular flexibility index (Phi) is 5.31. The molecule has 0 saturated carbocycles. The van der Waals surface area contributed by atoms with Gasteiger partial charge < -0.3 is 9.84 Å². The van der Waals surface area contributed by atoms with Crippen molar-refractivity contribution in [2.75, 3.05) is 0 Å². The standard InChI is InChI=1S/C18H18O4/c1-13(11-17(19)20)18(21)15-7-9-16(10-8-15)22-12-14-5-3-2-4-6-14/h2-10,13H,11-12H2,1H3,(H,19,20). The molecular formula is C18H18O4. The molecule has 0 aliphatic rings. The van der Waals surface area contributed by atoms with Gasteiger partial charge in [0.25, 0.3) is 0 Å². The molecule has 2 aromatic carbocycles. The van der Waals surface area contributed by atoms with Crippen molar-refractivity contribution in [3.05, 3.63) is 65.7 Å². The first-order valence-corrected chi connectivity index (χ1v) is 7.09. The SMILES string of the molecule is CC(CC(=O)O)C(=O)c1ccc(OCc2ccccc2)cc1. The zero-order chi connectivity index (χ0) is 15.9. The molecule has 2 rings (SSSR count). The predicted molar refractivity (Wildman–Crippen MR) is 83.0 cm³/mol. The van der Waals surface area contributed by atoms with Gasteiger partial charge in [-0.2, -0.15) is 0 Å². The Hall–Kier alpha value is -2.62. The third-order valence-corrected chi connectivity index (χ3v) is 3.32. The van der Waals surface area contributed by atoms with Crippen molar-refractivity contribution in [3.8, 4) is 5.75 Å². The maximum absolute atomic E-state index is 12.1. The van der Waals surface area contributed by atoms with Crippen LogP contribution in [0.25, 0.3) is 0 Å². The summed E-state index contributed by atoms with van der Waals surface area (Å²) in [4.78, 5) is 22.7. The first-order valence-electron chi connectivity index (χ1n) is 7.09. The molecule has 114 valence electrons. The second-order valence-electron chi connectivity index (χ2n) is 5.16. The van der Waals surface area contributed by atoms with E-state index in [-0.39, 0.29) is 12.2 Å². The van der Waals surface area contributed by atoms with E-state index in [0.29, 0.717) is 17.9 Å². The van der Waals surface area contributed by atoms with Crippen LogP contribution in [0, 0.1) is 5.92 Å². The second kappa shape index (κ2) is 7.41. The number of rotatable bonds is 7. The number of carboxylic acid groups (broad SMARTS) is 1. The zero-order valence-corrected chi connectivity index (χ0v) is 12.4. The van der Waals surface area contributed by atoms with Crippen LogP contribution in [0.15, 0.2) is 54.6 Å². The van der Waals surface area contributed by atoms with Crippen LogP contribution in [-0.4, -0.2) is 16.9 Å². The number of aliphatic carboxylic acids is 1. The highest BCUT2D eigenvalue weighted by Gasteiger charge is 2.18. The molecular weight excluding hydrogens is 280 g/mol. The fourth-order valence-corrected chi connectivity index (χ4v) is 2.10. The second-order valence-corrected chi connectivity index (χ2v) is 5.16. The Morgan fingerprint density at radius 1 is 1.05 bits per heavy atom. The molecule has 1 N–H and O–H groups in total. The lowest BCUT2D eigenvalue weighted by Gasteiger charge is -2.09. The van der Waals surface area contributed by atoms with Crippen LogP contribution in [0.1, 0.15) is 29.3 Å². The molecule has 0 radical (unpaired) electrons. The van der Waals surface area contributed by atoms with Crippen LogP contribution in [0.5, 0.6) is 5.75 Å². The number of ketones is 1. The molecule has 0 bridgehead atoms. The van der Waals surface area contributed by atoms with E-state index in [1.807, 2.05) is 30.3 Å². The lowest BCUT2D eigenvalue weighted by atomic mass is 9.96. The fourth-order valence-electron chi connectivity index (χ4n) is 2.10. The molecule has 0 aliphatic carbocycles. The Morgan fingerprint density at radius 3 is 2.27 bits per heavy atom. The van der Waals surface area contributed by atoms with Crippen LogP contribution < -0.4 is 4.74 Å². The number of ether oxygens (including phenoxy) is 1. The number of hydrogen-bond donors (Lipinski definition) is 1. The normalized spacial score (nSPS) is 11.7. The number of Topliss-reactive ketones (excluding diaryl/α,β-unsaturated/α-hetero) is 1. The van der Waals surface area contributed by atoms with Gasteiger partial charge in [-0.05, 0) is 29.8 Å². The Morgan fingerprint density at radius 2 is 1.68 bits per heavy atom. The van der Waals surface area contributed by atoms with E-state index in [2.05, 4.69) is 0 Å². The van der Waals surface area contributed by atoms with E-state index in [4.69, 9.17) is 9.84 Å². The lowest BCUT2D eigenvalue weighted by molar-refractivity contribution is -0.137. The topological polar surface area (TPSA) is 63.6 Å². The van der Waals surface area contributed by atoms with E-state index in [9.17, 15) is 9.59 Å². The minimum atomic E-state index is -0.969. The van der Waals surface area contributed by atoms with Gasteiger partial charge >= 0.3 is 5.97 Å². The highest BCUT2D eigenvalue weighted by molar-refractivity contribution is 5.99. The van der Waals surface area contributed by atoms with Crippen LogP contribution >= 0.6 is 0 Å². The third-order valence-electron chi connectivity index (χ3n) is 3.32. The minimum absolute atomic E-state index is 0.162. The van der Waals surface area contributed by atoms with E-state index >= 15 is 0 Å². The molecule has 2 aromatic rings. The van der Waals surface area contributed by atoms with Gasteiger partial charge in [-0.1, -0.05) is 37.3 Å². The molecule has 0 amide bonds. The van der Waals surface area contributed by atoms with Gasteiger partial charge in [0, 0.05) is 11.5 Å². The first-order chi connectivity index (χ1) is 10.6. The van der Waals surface area contributed by atoms with E-state index in [1.54, 1.807) is 31.2 Å². The number of benzene rings is 2. The van der Waals surface area contributed by atoms with Crippen molar-refractivity contribution < 1.29 is 19.4 Å². The number of carbonyl (C=O) groups excluding carboxylic acids is 1. The summed E-state index contributed by atoms with van der Waals surface area (Å²) in [5, 5.41) is 8.73. The van der Waals surface area contributed by atoms with Crippen molar-refractivity contribution in [2.24, 2.45) is 5.92 Å². The molecule has 0 aromatic heterocycles. The number of carbonyl (C=O) groups is 2. The van der Waals surface area contributed by atoms with E-state index < -0.39 is 11.9 Å². The number of carboxylic acids is 1. The van der Waals surface area contributed by atoms with Gasteiger partial charge in [0.2, 0.25) is 0 Å². The average molecular weight is 298 g/mol. The van der Waals surface area contributed by atoms with Crippen LogP contribution in [0.2, 0.25) is 0 Å². The lowest BCUT2D eigenvalue weighted by Crippen LogP contribution is -2.15. The van der Waals surface area contributed by atoms with Crippen LogP contribution in [0.3, 0.4) is 0 Å². The van der Waals surface area contributed by atoms with Crippen molar-refractivity contribution in [1.82, 2.24) is 0 Å². The highest BCUT2D eigenvalue weighted by Crippen LogP contribution is 2.18. The maximum Gasteiger partial charge on any atom is 0.304 e. The van der Waals surface area contributed by atoms with E-state index in [0.717, 1.165) is 5.56 Å². The molecule has 1 unspecified atom stereocenters. The largest absolute Gasteiger partial charge is 0.489 e. The van der Waals surface area contributed by atoms with Gasteiger partial charge in [0.15, 0.2) is 5.78 Å². The summed E-state index contributed by atoms with van der Waals surface area (Å²) in [5.41, 5.74) is 1.57. The van der Waals surface area contributed by atoms with Crippen molar-refractivity contribution >= 4 is 11.8 Å². The predicted octanol–water partition coefficient (Wildman–Crippen LogP) is 3.56. The molecule has 1 atom stereocenters. The van der Waals surface area contributed by atoms with Crippen LogP contribution in [0.4, 0.5) is 0 Å². The Bertz CT molecular complexity index is 632. The summed E-state index contributed by atoms with van der Waals surface area (Å²) in [6.45, 7) is 2.08. The zero-order valence-electron chi connectivity index (χ0n) is 12.4. The highest BCUT2D eigenvalue weighted by atomic mass is 16.5. The smallest absolute Gasteiger partial charge is 0.304 e. The van der Waals surface area contributed by atoms with Gasteiger partial charge in [0.1, 0.15) is 12.4 Å².